The van der Waals surface area contributed by atoms with Crippen LogP contribution < -0.4 is 0 Å². The van der Waals surface area contributed by atoms with Crippen molar-refractivity contribution in [1.82, 2.24) is 14.5 Å². The quantitative estimate of drug-likeness (QED) is 0.808. The van der Waals surface area contributed by atoms with Crippen molar-refractivity contribution in [2.45, 2.75) is 26.3 Å². The molecule has 0 N–H and O–H groups in total. The van der Waals surface area contributed by atoms with Gasteiger partial charge in [-0.15, -0.1) is 11.6 Å². The third-order valence-corrected chi connectivity index (χ3v) is 3.78. The fourth-order valence-corrected chi connectivity index (χ4v) is 2.76. The van der Waals surface area contributed by atoms with Crippen LogP contribution in [0.25, 0.3) is 11.2 Å². The van der Waals surface area contributed by atoms with Crippen LogP contribution in [0.1, 0.15) is 17.9 Å². The lowest BCUT2D eigenvalue weighted by Gasteiger charge is -2.12. The Kier molecular flexibility index (Phi) is 3.71. The van der Waals surface area contributed by atoms with Gasteiger partial charge in [0.1, 0.15) is 11.3 Å². The molecular weight excluding hydrogens is 262 g/mol. The Bertz CT molecular complexity index is 575. The van der Waals surface area contributed by atoms with Gasteiger partial charge in [-0.25, -0.2) is 9.97 Å². The summed E-state index contributed by atoms with van der Waals surface area (Å²) in [4.78, 5) is 9.30. The zero-order valence-corrected chi connectivity index (χ0v) is 11.9. The van der Waals surface area contributed by atoms with E-state index in [2.05, 4.69) is 14.5 Å². The molecule has 0 spiro atoms. The lowest BCUT2D eigenvalue weighted by molar-refractivity contribution is 0.182. The second-order valence-electron chi connectivity index (χ2n) is 5.10. The molecular formula is C14H18ClN3O. The largest absolute Gasteiger partial charge is 0.381 e. The first kappa shape index (κ1) is 12.9. The van der Waals surface area contributed by atoms with Gasteiger partial charge in [-0.1, -0.05) is 0 Å². The van der Waals surface area contributed by atoms with E-state index in [4.69, 9.17) is 16.3 Å². The van der Waals surface area contributed by atoms with Gasteiger partial charge in [0, 0.05) is 37.1 Å². The van der Waals surface area contributed by atoms with Crippen LogP contribution in [0.5, 0.6) is 0 Å². The van der Waals surface area contributed by atoms with Crippen LogP contribution in [0, 0.1) is 12.8 Å². The van der Waals surface area contributed by atoms with Crippen molar-refractivity contribution < 1.29 is 4.74 Å². The number of alkyl halides is 1. The number of aromatic nitrogens is 3. The summed E-state index contributed by atoms with van der Waals surface area (Å²) in [6.45, 7) is 4.65. The monoisotopic (exact) mass is 279 g/mol. The molecule has 1 fully saturated rings. The summed E-state index contributed by atoms with van der Waals surface area (Å²) in [6, 6.07) is 4.04. The molecule has 0 aromatic carbocycles. The third-order valence-electron chi connectivity index (χ3n) is 3.59. The second-order valence-corrected chi connectivity index (χ2v) is 5.48. The SMILES string of the molecule is Cc1ccc2nc(CCCl)n(CC3CCOC3)c2n1. The Hall–Kier alpha value is -1.13. The predicted molar refractivity (Wildman–Crippen MR) is 75.6 cm³/mol. The highest BCUT2D eigenvalue weighted by Gasteiger charge is 2.20. The molecule has 1 aliphatic heterocycles. The number of rotatable bonds is 4. The first-order valence-corrected chi connectivity index (χ1v) is 7.28. The average molecular weight is 280 g/mol. The van der Waals surface area contributed by atoms with Gasteiger partial charge in [0.05, 0.1) is 6.61 Å². The Morgan fingerprint density at radius 2 is 2.32 bits per heavy atom. The first-order valence-electron chi connectivity index (χ1n) is 6.74. The van der Waals surface area contributed by atoms with Crippen molar-refractivity contribution in [3.05, 3.63) is 23.7 Å². The number of hydrogen-bond acceptors (Lipinski definition) is 3. The number of fused-ring (bicyclic) bond motifs is 1. The average Bonchev–Trinajstić information content (AvgIpc) is 3.00. The molecule has 2 aromatic rings. The van der Waals surface area contributed by atoms with Crippen molar-refractivity contribution in [3.63, 3.8) is 0 Å². The van der Waals surface area contributed by atoms with Gasteiger partial charge in [-0.3, -0.25) is 0 Å². The first-order chi connectivity index (χ1) is 9.28. The summed E-state index contributed by atoms with van der Waals surface area (Å²) < 4.78 is 7.69. The standard InChI is InChI=1S/C14H18ClN3O/c1-10-2-3-12-14(16-10)18(13(17-12)4-6-15)8-11-5-7-19-9-11/h2-3,11H,4-9H2,1H3. The molecule has 3 rings (SSSR count). The Labute approximate surface area is 117 Å². The Morgan fingerprint density at radius 3 is 3.05 bits per heavy atom. The Morgan fingerprint density at radius 1 is 1.42 bits per heavy atom. The van der Waals surface area contributed by atoms with Crippen molar-refractivity contribution >= 4 is 22.8 Å². The maximum atomic E-state index is 5.89. The van der Waals surface area contributed by atoms with Gasteiger partial charge >= 0.3 is 0 Å². The van der Waals surface area contributed by atoms with E-state index in [-0.39, 0.29) is 0 Å². The molecule has 0 radical (unpaired) electrons. The minimum absolute atomic E-state index is 0.564. The minimum Gasteiger partial charge on any atom is -0.381 e. The van der Waals surface area contributed by atoms with Gasteiger partial charge < -0.3 is 9.30 Å². The van der Waals surface area contributed by atoms with Crippen molar-refractivity contribution in [2.24, 2.45) is 5.92 Å². The van der Waals surface area contributed by atoms with Crippen molar-refractivity contribution in [3.8, 4) is 0 Å². The molecule has 1 atom stereocenters. The molecule has 19 heavy (non-hydrogen) atoms. The molecule has 4 nitrogen and oxygen atoms in total. The van der Waals surface area contributed by atoms with E-state index in [1.165, 1.54) is 0 Å². The van der Waals surface area contributed by atoms with Crippen LogP contribution in [0.3, 0.4) is 0 Å². The molecule has 0 bridgehead atoms. The smallest absolute Gasteiger partial charge is 0.160 e. The van der Waals surface area contributed by atoms with Crippen molar-refractivity contribution in [1.29, 1.82) is 0 Å². The maximum Gasteiger partial charge on any atom is 0.160 e. The van der Waals surface area contributed by atoms with Crippen LogP contribution in [-0.2, 0) is 17.7 Å². The third kappa shape index (κ3) is 2.60. The highest BCUT2D eigenvalue weighted by atomic mass is 35.5. The minimum atomic E-state index is 0.564. The van der Waals surface area contributed by atoms with Crippen molar-refractivity contribution in [2.75, 3.05) is 19.1 Å². The summed E-state index contributed by atoms with van der Waals surface area (Å²) in [5.74, 6) is 2.19. The number of aryl methyl sites for hydroxylation is 2. The lowest BCUT2D eigenvalue weighted by atomic mass is 10.1. The zero-order chi connectivity index (χ0) is 13.2. The summed E-state index contributed by atoms with van der Waals surface area (Å²) in [5, 5.41) is 0. The molecule has 0 saturated carbocycles. The summed E-state index contributed by atoms with van der Waals surface area (Å²) in [5.41, 5.74) is 2.96. The number of hydrogen-bond donors (Lipinski definition) is 0. The lowest BCUT2D eigenvalue weighted by Crippen LogP contribution is -2.14. The molecule has 1 aliphatic rings. The van der Waals surface area contributed by atoms with Crippen LogP contribution in [-0.4, -0.2) is 33.6 Å². The van der Waals surface area contributed by atoms with E-state index in [0.717, 1.165) is 55.3 Å². The molecule has 2 aromatic heterocycles. The highest BCUT2D eigenvalue weighted by molar-refractivity contribution is 6.17. The summed E-state index contributed by atoms with van der Waals surface area (Å²) in [6.07, 6.45) is 1.90. The zero-order valence-electron chi connectivity index (χ0n) is 11.1. The molecule has 1 unspecified atom stereocenters. The van der Waals surface area contributed by atoms with E-state index >= 15 is 0 Å². The number of halogens is 1. The van der Waals surface area contributed by atoms with Gasteiger partial charge in [0.25, 0.3) is 0 Å². The molecule has 0 aliphatic carbocycles. The van der Waals surface area contributed by atoms with Crippen LogP contribution in [0.15, 0.2) is 12.1 Å². The summed E-state index contributed by atoms with van der Waals surface area (Å²) in [7, 11) is 0. The van der Waals surface area contributed by atoms with E-state index in [1.54, 1.807) is 0 Å². The second kappa shape index (κ2) is 5.47. The van der Waals surface area contributed by atoms with E-state index in [0.29, 0.717) is 11.8 Å². The van der Waals surface area contributed by atoms with Gasteiger partial charge in [-0.2, -0.15) is 0 Å². The van der Waals surface area contributed by atoms with E-state index in [1.807, 2.05) is 19.1 Å². The number of ether oxygens (including phenoxy) is 1. The fourth-order valence-electron chi connectivity index (χ4n) is 2.60. The maximum absolute atomic E-state index is 5.89. The molecule has 102 valence electrons. The highest BCUT2D eigenvalue weighted by Crippen LogP contribution is 2.21. The number of pyridine rings is 1. The van der Waals surface area contributed by atoms with Crippen LogP contribution in [0.4, 0.5) is 0 Å². The van der Waals surface area contributed by atoms with Crippen LogP contribution in [0.2, 0.25) is 0 Å². The number of nitrogens with zero attached hydrogens (tertiary/aromatic N) is 3. The Balaban J connectivity index is 2.01. The molecule has 5 heteroatoms. The number of imidazole rings is 1. The normalized spacial score (nSPS) is 19.4. The van der Waals surface area contributed by atoms with Gasteiger partial charge in [-0.05, 0) is 25.5 Å². The van der Waals surface area contributed by atoms with Gasteiger partial charge in [0.2, 0.25) is 0 Å². The molecule has 1 saturated heterocycles. The van der Waals surface area contributed by atoms with E-state index in [9.17, 15) is 0 Å². The summed E-state index contributed by atoms with van der Waals surface area (Å²) >= 11 is 5.89. The van der Waals surface area contributed by atoms with Gasteiger partial charge in [0.15, 0.2) is 5.65 Å². The van der Waals surface area contributed by atoms with Crippen LogP contribution >= 0.6 is 11.6 Å². The topological polar surface area (TPSA) is 39.9 Å². The molecule has 0 amide bonds. The fraction of sp³-hybridized carbons (Fsp3) is 0.571. The predicted octanol–water partition coefficient (Wildman–Crippen LogP) is 2.56. The molecule has 3 heterocycles. The van der Waals surface area contributed by atoms with E-state index < -0.39 is 0 Å².